The number of anilines is 1. The van der Waals surface area contributed by atoms with Crippen LogP contribution in [0.2, 0.25) is 0 Å². The van der Waals surface area contributed by atoms with Gasteiger partial charge in [0.05, 0.1) is 11.9 Å². The summed E-state index contributed by atoms with van der Waals surface area (Å²) in [4.78, 5) is 12.3. The molecule has 0 aliphatic heterocycles. The number of hydrogen-bond donors (Lipinski definition) is 1. The number of amides is 1. The van der Waals surface area contributed by atoms with E-state index in [2.05, 4.69) is 20.6 Å². The van der Waals surface area contributed by atoms with E-state index in [0.717, 1.165) is 22.4 Å². The van der Waals surface area contributed by atoms with Crippen molar-refractivity contribution >= 4 is 17.7 Å². The summed E-state index contributed by atoms with van der Waals surface area (Å²) in [6.45, 7) is 1.92. The van der Waals surface area contributed by atoms with Crippen molar-refractivity contribution in [1.29, 1.82) is 0 Å². The fraction of sp³-hybridized carbons (Fsp3) is 0.0476. The van der Waals surface area contributed by atoms with Gasteiger partial charge in [0.15, 0.2) is 0 Å². The van der Waals surface area contributed by atoms with Crippen LogP contribution in [-0.4, -0.2) is 25.9 Å². The number of nitrogens with one attached hydrogen (secondary N) is 1. The quantitative estimate of drug-likeness (QED) is 0.538. The summed E-state index contributed by atoms with van der Waals surface area (Å²) in [6, 6.07) is 15.3. The van der Waals surface area contributed by atoms with Gasteiger partial charge in [0, 0.05) is 29.1 Å². The first-order chi connectivity index (χ1) is 13.7. The summed E-state index contributed by atoms with van der Waals surface area (Å²) in [7, 11) is 0. The molecule has 2 aromatic heterocycles. The van der Waals surface area contributed by atoms with E-state index < -0.39 is 0 Å². The van der Waals surface area contributed by atoms with Crippen LogP contribution in [0.1, 0.15) is 11.1 Å². The first-order valence-electron chi connectivity index (χ1n) is 8.65. The molecule has 0 saturated carbocycles. The second kappa shape index (κ2) is 7.71. The van der Waals surface area contributed by atoms with Gasteiger partial charge in [0.1, 0.15) is 0 Å². The molecule has 0 spiro atoms. The highest BCUT2D eigenvalue weighted by Gasteiger charge is 2.08. The molecule has 28 heavy (non-hydrogen) atoms. The van der Waals surface area contributed by atoms with Crippen LogP contribution in [0.3, 0.4) is 0 Å². The van der Waals surface area contributed by atoms with E-state index in [-0.39, 0.29) is 5.91 Å². The first-order valence-corrected chi connectivity index (χ1v) is 8.65. The fourth-order valence-electron chi connectivity index (χ4n) is 2.68. The molecule has 0 aliphatic rings. The zero-order valence-electron chi connectivity index (χ0n) is 15.1. The van der Waals surface area contributed by atoms with Crippen LogP contribution in [0.4, 0.5) is 5.69 Å². The van der Waals surface area contributed by atoms with Crippen molar-refractivity contribution in [1.82, 2.24) is 20.0 Å². The maximum atomic E-state index is 12.3. The first kappa shape index (κ1) is 17.4. The molecule has 2 aromatic carbocycles. The Morgan fingerprint density at radius 3 is 2.82 bits per heavy atom. The molecule has 4 rings (SSSR count). The lowest BCUT2D eigenvalue weighted by Crippen LogP contribution is -2.09. The van der Waals surface area contributed by atoms with Gasteiger partial charge in [-0.1, -0.05) is 24.3 Å². The average molecular weight is 371 g/mol. The van der Waals surface area contributed by atoms with Crippen LogP contribution < -0.4 is 5.32 Å². The zero-order valence-corrected chi connectivity index (χ0v) is 15.1. The fourth-order valence-corrected chi connectivity index (χ4v) is 2.68. The number of rotatable bonds is 5. The van der Waals surface area contributed by atoms with E-state index in [9.17, 15) is 4.79 Å². The molecule has 2 heterocycles. The number of nitrogens with zero attached hydrogens (tertiary/aromatic N) is 4. The third kappa shape index (κ3) is 3.88. The topological polar surface area (TPSA) is 85.8 Å². The molecule has 1 amide bonds. The maximum absolute atomic E-state index is 12.3. The lowest BCUT2D eigenvalue weighted by molar-refractivity contribution is -0.111. The zero-order chi connectivity index (χ0) is 19.3. The molecule has 0 saturated heterocycles. The Labute approximate surface area is 161 Å². The van der Waals surface area contributed by atoms with E-state index in [1.54, 1.807) is 17.0 Å². The minimum atomic E-state index is -0.238. The number of para-hydroxylation sites is 1. The van der Waals surface area contributed by atoms with Gasteiger partial charge in [-0.3, -0.25) is 4.79 Å². The van der Waals surface area contributed by atoms with E-state index in [1.807, 2.05) is 61.7 Å². The third-order valence-corrected chi connectivity index (χ3v) is 4.15. The number of aromatic nitrogens is 4. The highest BCUT2D eigenvalue weighted by Crippen LogP contribution is 2.24. The molecule has 1 N–H and O–H groups in total. The summed E-state index contributed by atoms with van der Waals surface area (Å²) < 4.78 is 6.96. The second-order valence-electron chi connectivity index (χ2n) is 6.15. The van der Waals surface area contributed by atoms with Crippen LogP contribution in [-0.2, 0) is 4.79 Å². The Kier molecular flexibility index (Phi) is 4.79. The van der Waals surface area contributed by atoms with Crippen molar-refractivity contribution in [2.75, 3.05) is 5.32 Å². The Bertz CT molecular complexity index is 1110. The molecular formula is C21H17N5O2. The van der Waals surface area contributed by atoms with E-state index in [4.69, 9.17) is 4.42 Å². The summed E-state index contributed by atoms with van der Waals surface area (Å²) in [5.74, 6) is 0.164. The van der Waals surface area contributed by atoms with Gasteiger partial charge in [0.25, 0.3) is 0 Å². The Hall–Kier alpha value is -4.00. The van der Waals surface area contributed by atoms with Gasteiger partial charge in [-0.05, 0) is 42.8 Å². The van der Waals surface area contributed by atoms with E-state index in [0.29, 0.717) is 11.6 Å². The van der Waals surface area contributed by atoms with Crippen molar-refractivity contribution in [2.45, 2.75) is 6.92 Å². The number of carbonyl (C=O) groups is 1. The van der Waals surface area contributed by atoms with Crippen LogP contribution in [0.15, 0.2) is 77.8 Å². The van der Waals surface area contributed by atoms with Gasteiger partial charge in [-0.2, -0.15) is 5.10 Å². The van der Waals surface area contributed by atoms with E-state index in [1.165, 1.54) is 12.5 Å². The molecule has 4 aromatic rings. The predicted octanol–water partition coefficient (Wildman–Crippen LogP) is 3.88. The maximum Gasteiger partial charge on any atom is 0.248 e. The van der Waals surface area contributed by atoms with Crippen LogP contribution in [0.5, 0.6) is 0 Å². The second-order valence-corrected chi connectivity index (χ2v) is 6.15. The smallest absolute Gasteiger partial charge is 0.248 e. The lowest BCUT2D eigenvalue weighted by atomic mass is 10.1. The van der Waals surface area contributed by atoms with Crippen LogP contribution >= 0.6 is 0 Å². The standard InChI is InChI=1S/C21H17N5O2/c1-15-7-9-17(21-25-22-14-28-21)11-19(15)24-20(27)10-8-16-12-23-26(13-16)18-5-3-2-4-6-18/h2-14H,1H3,(H,24,27)/b10-8+. The monoisotopic (exact) mass is 371 g/mol. The van der Waals surface area contributed by atoms with Gasteiger partial charge in [0.2, 0.25) is 18.2 Å². The Balaban J connectivity index is 1.46. The van der Waals surface area contributed by atoms with Crippen LogP contribution in [0.25, 0.3) is 23.2 Å². The summed E-state index contributed by atoms with van der Waals surface area (Å²) in [6.07, 6.45) is 8.04. The van der Waals surface area contributed by atoms with Crippen molar-refractivity contribution in [3.05, 3.63) is 84.5 Å². The van der Waals surface area contributed by atoms with Crippen molar-refractivity contribution < 1.29 is 9.21 Å². The largest absolute Gasteiger partial charge is 0.423 e. The lowest BCUT2D eigenvalue weighted by Gasteiger charge is -2.07. The van der Waals surface area contributed by atoms with Gasteiger partial charge >= 0.3 is 0 Å². The minimum absolute atomic E-state index is 0.238. The number of benzene rings is 2. The molecule has 0 radical (unpaired) electrons. The number of aryl methyl sites for hydroxylation is 1. The minimum Gasteiger partial charge on any atom is -0.423 e. The van der Waals surface area contributed by atoms with Crippen molar-refractivity contribution in [3.8, 4) is 17.1 Å². The molecule has 7 nitrogen and oxygen atoms in total. The molecular weight excluding hydrogens is 354 g/mol. The summed E-state index contributed by atoms with van der Waals surface area (Å²) in [5.41, 5.74) is 4.15. The van der Waals surface area contributed by atoms with E-state index >= 15 is 0 Å². The SMILES string of the molecule is Cc1ccc(-c2nnco2)cc1NC(=O)/C=C/c1cnn(-c2ccccc2)c1. The highest BCUT2D eigenvalue weighted by atomic mass is 16.4. The molecule has 0 unspecified atom stereocenters. The molecule has 7 heteroatoms. The molecule has 0 bridgehead atoms. The van der Waals surface area contributed by atoms with Gasteiger partial charge in [-0.15, -0.1) is 10.2 Å². The normalized spacial score (nSPS) is 11.0. The van der Waals surface area contributed by atoms with Crippen molar-refractivity contribution in [3.63, 3.8) is 0 Å². The number of hydrogen-bond acceptors (Lipinski definition) is 5. The predicted molar refractivity (Wildman–Crippen MR) is 106 cm³/mol. The average Bonchev–Trinajstić information content (AvgIpc) is 3.41. The van der Waals surface area contributed by atoms with Gasteiger partial charge < -0.3 is 9.73 Å². The third-order valence-electron chi connectivity index (χ3n) is 4.15. The van der Waals surface area contributed by atoms with Crippen molar-refractivity contribution in [2.24, 2.45) is 0 Å². The molecule has 0 fully saturated rings. The molecule has 0 atom stereocenters. The van der Waals surface area contributed by atoms with Crippen LogP contribution in [0, 0.1) is 6.92 Å². The Morgan fingerprint density at radius 1 is 1.18 bits per heavy atom. The number of carbonyl (C=O) groups excluding carboxylic acids is 1. The van der Waals surface area contributed by atoms with Gasteiger partial charge in [-0.25, -0.2) is 4.68 Å². The Morgan fingerprint density at radius 2 is 2.04 bits per heavy atom. The molecule has 138 valence electrons. The molecule has 0 aliphatic carbocycles. The summed E-state index contributed by atoms with van der Waals surface area (Å²) in [5, 5.41) is 14.8. The summed E-state index contributed by atoms with van der Waals surface area (Å²) >= 11 is 0. The highest BCUT2D eigenvalue weighted by molar-refractivity contribution is 6.02.